The highest BCUT2D eigenvalue weighted by atomic mass is 32.1. The number of benzene rings is 1. The van der Waals surface area contributed by atoms with Crippen molar-refractivity contribution in [3.8, 4) is 11.5 Å². The van der Waals surface area contributed by atoms with E-state index in [1.807, 2.05) is 0 Å². The van der Waals surface area contributed by atoms with Crippen LogP contribution in [0.3, 0.4) is 0 Å². The lowest BCUT2D eigenvalue weighted by Gasteiger charge is -2.24. The van der Waals surface area contributed by atoms with Gasteiger partial charge in [0, 0.05) is 36.5 Å². The van der Waals surface area contributed by atoms with Gasteiger partial charge in [0.2, 0.25) is 0 Å². The molecule has 2 unspecified atom stereocenters. The van der Waals surface area contributed by atoms with Gasteiger partial charge in [0.05, 0.1) is 17.2 Å². The van der Waals surface area contributed by atoms with Crippen LogP contribution in [0.4, 0.5) is 10.5 Å². The maximum absolute atomic E-state index is 12.8. The normalized spacial score (nSPS) is 16.5. The Morgan fingerprint density at radius 1 is 1.19 bits per heavy atom. The summed E-state index contributed by atoms with van der Waals surface area (Å²) < 4.78 is 16.5. The number of ether oxygens (including phenoxy) is 3. The number of hydrogen-bond acceptors (Lipinski definition) is 9. The molecule has 0 spiro atoms. The molecule has 3 rings (SSSR count). The summed E-state index contributed by atoms with van der Waals surface area (Å²) >= 11 is 4.49. The zero-order valence-electron chi connectivity index (χ0n) is 20.1. The highest BCUT2D eigenvalue weighted by molar-refractivity contribution is 7.81. The fourth-order valence-electron chi connectivity index (χ4n) is 3.62. The van der Waals surface area contributed by atoms with Crippen LogP contribution >= 0.6 is 12.6 Å². The zero-order valence-corrected chi connectivity index (χ0v) is 21.0. The molecule has 1 saturated heterocycles. The van der Waals surface area contributed by atoms with E-state index in [9.17, 15) is 19.7 Å². The van der Waals surface area contributed by atoms with Crippen molar-refractivity contribution in [2.75, 3.05) is 26.3 Å². The van der Waals surface area contributed by atoms with Crippen molar-refractivity contribution >= 4 is 30.3 Å². The Morgan fingerprint density at radius 3 is 2.51 bits per heavy atom. The first-order valence-electron chi connectivity index (χ1n) is 11.4. The number of non-ortho nitro benzene ring substituents is 1. The number of pyridine rings is 1. The summed E-state index contributed by atoms with van der Waals surface area (Å²) in [6.45, 7) is 8.18. The molecule has 0 radical (unpaired) electrons. The van der Waals surface area contributed by atoms with Crippen molar-refractivity contribution in [2.45, 2.75) is 24.3 Å². The molecule has 2 aromatic rings. The number of carbonyl (C=O) groups excluding carboxylic acids is 2. The Kier molecular flexibility index (Phi) is 9.90. The number of rotatable bonds is 12. The second-order valence-electron chi connectivity index (χ2n) is 8.10. The third-order valence-corrected chi connectivity index (χ3v) is 5.79. The second-order valence-corrected chi connectivity index (χ2v) is 8.83. The third-order valence-electron chi connectivity index (χ3n) is 5.41. The fraction of sp³-hybridized carbons (Fsp3) is 0.320. The molecule has 12 heteroatoms. The summed E-state index contributed by atoms with van der Waals surface area (Å²) in [6, 6.07) is 6.90. The van der Waals surface area contributed by atoms with Crippen molar-refractivity contribution in [3.05, 3.63) is 83.2 Å². The quantitative estimate of drug-likeness (QED) is 0.185. The fourth-order valence-corrected chi connectivity index (χ4v) is 4.04. The van der Waals surface area contributed by atoms with Gasteiger partial charge in [0.1, 0.15) is 25.5 Å². The van der Waals surface area contributed by atoms with E-state index in [0.717, 1.165) is 0 Å². The summed E-state index contributed by atoms with van der Waals surface area (Å²) in [6.07, 6.45) is 4.55. The molecular formula is C25H28N4O7S. The monoisotopic (exact) mass is 528 g/mol. The largest absolute Gasteiger partial charge is 0.486 e. The number of hydrogen-bond donors (Lipinski definition) is 2. The maximum atomic E-state index is 12.8. The molecule has 0 aliphatic carbocycles. The highest BCUT2D eigenvalue weighted by Crippen LogP contribution is 2.27. The average molecular weight is 529 g/mol. The lowest BCUT2D eigenvalue weighted by atomic mass is 10.2. The Labute approximate surface area is 219 Å². The van der Waals surface area contributed by atoms with Crippen LogP contribution in [-0.4, -0.2) is 64.4 Å². The number of amides is 2. The van der Waals surface area contributed by atoms with Crippen molar-refractivity contribution in [2.24, 2.45) is 0 Å². The number of nitrogens with one attached hydrogen (secondary N) is 1. The first-order chi connectivity index (χ1) is 17.8. The molecule has 0 bridgehead atoms. The van der Waals surface area contributed by atoms with Gasteiger partial charge in [-0.05, 0) is 24.1 Å². The van der Waals surface area contributed by atoms with E-state index in [4.69, 9.17) is 14.2 Å². The molecule has 1 aliphatic rings. The average Bonchev–Trinajstić information content (AvgIpc) is 3.28. The van der Waals surface area contributed by atoms with Crippen LogP contribution in [0.5, 0.6) is 11.5 Å². The van der Waals surface area contributed by atoms with E-state index in [1.54, 1.807) is 12.2 Å². The topological polar surface area (TPSA) is 133 Å². The summed E-state index contributed by atoms with van der Waals surface area (Å²) in [5, 5.41) is 13.5. The lowest BCUT2D eigenvalue weighted by Crippen LogP contribution is -2.43. The second kappa shape index (κ2) is 13.3. The van der Waals surface area contributed by atoms with Gasteiger partial charge in [-0.15, -0.1) is 0 Å². The summed E-state index contributed by atoms with van der Waals surface area (Å²) in [5.74, 6) is 0.268. The van der Waals surface area contributed by atoms with Gasteiger partial charge < -0.3 is 24.4 Å². The summed E-state index contributed by atoms with van der Waals surface area (Å²) in [5.41, 5.74) is 0.695. The molecule has 1 fully saturated rings. The number of likely N-dealkylation sites (tertiary alicyclic amines) is 1. The molecule has 1 N–H and O–H groups in total. The molecule has 37 heavy (non-hydrogen) atoms. The van der Waals surface area contributed by atoms with Crippen molar-refractivity contribution in [3.63, 3.8) is 0 Å². The third kappa shape index (κ3) is 7.71. The van der Waals surface area contributed by atoms with E-state index in [-0.39, 0.29) is 49.0 Å². The number of carbonyl (C=O) groups is 2. The molecule has 0 saturated carbocycles. The van der Waals surface area contributed by atoms with Crippen molar-refractivity contribution < 1.29 is 28.7 Å². The maximum Gasteiger partial charge on any atom is 0.410 e. The number of thiol groups is 1. The summed E-state index contributed by atoms with van der Waals surface area (Å²) in [7, 11) is 0. The number of nitro benzene ring substituents is 1. The van der Waals surface area contributed by atoms with E-state index in [0.29, 0.717) is 30.0 Å². The SMILES string of the molecule is C=CCOc1cnc(C(=O)NCC2CC(S)CN2C(=O)OCc2ccc([N+](=O)[O-])cc2)cc1OCC=C. The van der Waals surface area contributed by atoms with Crippen LogP contribution in [0, 0.1) is 10.1 Å². The smallest absolute Gasteiger partial charge is 0.410 e. The molecule has 1 aromatic heterocycles. The van der Waals surface area contributed by atoms with Gasteiger partial charge in [0.25, 0.3) is 11.6 Å². The Hall–Kier alpha value is -4.06. The first kappa shape index (κ1) is 27.5. The molecule has 2 amide bonds. The van der Waals surface area contributed by atoms with Gasteiger partial charge in [-0.25, -0.2) is 9.78 Å². The minimum atomic E-state index is -0.559. The number of nitrogens with zero attached hydrogens (tertiary/aromatic N) is 3. The van der Waals surface area contributed by atoms with Crippen LogP contribution in [0.1, 0.15) is 22.5 Å². The van der Waals surface area contributed by atoms with Crippen LogP contribution in [-0.2, 0) is 11.3 Å². The Bertz CT molecular complexity index is 1140. The highest BCUT2D eigenvalue weighted by Gasteiger charge is 2.35. The predicted molar refractivity (Wildman–Crippen MR) is 139 cm³/mol. The predicted octanol–water partition coefficient (Wildman–Crippen LogP) is 3.56. The van der Waals surface area contributed by atoms with Crippen molar-refractivity contribution in [1.29, 1.82) is 0 Å². The van der Waals surface area contributed by atoms with E-state index >= 15 is 0 Å². The molecule has 196 valence electrons. The van der Waals surface area contributed by atoms with Crippen LogP contribution < -0.4 is 14.8 Å². The summed E-state index contributed by atoms with van der Waals surface area (Å²) in [4.78, 5) is 41.5. The number of nitro groups is 1. The standard InChI is InChI=1S/C25H28N4O7S/c1-3-9-34-22-12-21(26-14-23(22)35-10-4-2)24(30)27-13-19-11-20(37)15-28(19)25(31)36-16-17-5-7-18(8-6-17)29(32)33/h3-8,12,14,19-20,37H,1-2,9-11,13,15-16H2,(H,27,30). The van der Waals surface area contributed by atoms with Gasteiger partial charge in [-0.1, -0.05) is 25.3 Å². The van der Waals surface area contributed by atoms with Crippen LogP contribution in [0.25, 0.3) is 0 Å². The molecule has 1 aromatic carbocycles. The Balaban J connectivity index is 1.59. The van der Waals surface area contributed by atoms with E-state index < -0.39 is 16.9 Å². The number of aromatic nitrogens is 1. The minimum absolute atomic E-state index is 0.0404. The molecule has 2 atom stereocenters. The van der Waals surface area contributed by atoms with E-state index in [2.05, 4.69) is 36.1 Å². The van der Waals surface area contributed by atoms with Gasteiger partial charge in [0.15, 0.2) is 11.5 Å². The zero-order chi connectivity index (χ0) is 26.8. The molecule has 1 aliphatic heterocycles. The molecular weight excluding hydrogens is 500 g/mol. The molecule has 11 nitrogen and oxygen atoms in total. The molecule has 2 heterocycles. The minimum Gasteiger partial charge on any atom is -0.486 e. The van der Waals surface area contributed by atoms with Crippen LogP contribution in [0.15, 0.2) is 61.8 Å². The van der Waals surface area contributed by atoms with Gasteiger partial charge in [-0.3, -0.25) is 14.9 Å². The van der Waals surface area contributed by atoms with Crippen LogP contribution in [0.2, 0.25) is 0 Å². The first-order valence-corrected chi connectivity index (χ1v) is 11.9. The van der Waals surface area contributed by atoms with E-state index in [1.165, 1.54) is 41.4 Å². The van der Waals surface area contributed by atoms with Gasteiger partial charge >= 0.3 is 6.09 Å². The van der Waals surface area contributed by atoms with Crippen molar-refractivity contribution in [1.82, 2.24) is 15.2 Å². The Morgan fingerprint density at radius 2 is 1.86 bits per heavy atom. The lowest BCUT2D eigenvalue weighted by molar-refractivity contribution is -0.384. The van der Waals surface area contributed by atoms with Gasteiger partial charge in [-0.2, -0.15) is 12.6 Å².